The number of thiazole rings is 1. The van der Waals surface area contributed by atoms with Crippen LogP contribution in [-0.4, -0.2) is 43.2 Å². The van der Waals surface area contributed by atoms with Crippen LogP contribution in [0.5, 0.6) is 0 Å². The van der Waals surface area contributed by atoms with Gasteiger partial charge in [-0.15, -0.1) is 11.3 Å². The van der Waals surface area contributed by atoms with Crippen LogP contribution in [0.1, 0.15) is 25.8 Å². The van der Waals surface area contributed by atoms with Crippen LogP contribution in [0, 0.1) is 0 Å². The Bertz CT molecular complexity index is 693. The average Bonchev–Trinajstić information content (AvgIpc) is 3.11. The van der Waals surface area contributed by atoms with Gasteiger partial charge in [0.05, 0.1) is 18.9 Å². The standard InChI is InChI=1S/C19H25N3O2S/c1-14(20-15(2)23)3-4-16-5-7-17(8-6-16)18-13-25-19(21-18)22-9-11-24-12-10-22/h5-8,13-14H,3-4,9-12H2,1-2H3,(H,20,23)/t14-/m0/s1. The zero-order chi connectivity index (χ0) is 17.6. The first-order chi connectivity index (χ1) is 12.1. The lowest BCUT2D eigenvalue weighted by atomic mass is 10.0. The molecule has 0 unspecified atom stereocenters. The third-order valence-corrected chi connectivity index (χ3v) is 5.24. The average molecular weight is 359 g/mol. The van der Waals surface area contributed by atoms with E-state index < -0.39 is 0 Å². The Kier molecular flexibility index (Phi) is 6.04. The first-order valence-corrected chi connectivity index (χ1v) is 9.64. The minimum atomic E-state index is 0.0300. The minimum absolute atomic E-state index is 0.0300. The van der Waals surface area contributed by atoms with Crippen molar-refractivity contribution in [2.45, 2.75) is 32.7 Å². The largest absolute Gasteiger partial charge is 0.378 e. The molecule has 1 atom stereocenters. The zero-order valence-electron chi connectivity index (χ0n) is 14.8. The summed E-state index contributed by atoms with van der Waals surface area (Å²) < 4.78 is 5.40. The smallest absolute Gasteiger partial charge is 0.217 e. The number of hydrogen-bond acceptors (Lipinski definition) is 5. The highest BCUT2D eigenvalue weighted by Crippen LogP contribution is 2.28. The molecule has 1 N–H and O–H groups in total. The number of benzene rings is 1. The highest BCUT2D eigenvalue weighted by molar-refractivity contribution is 7.14. The number of amides is 1. The Morgan fingerprint density at radius 3 is 2.72 bits per heavy atom. The summed E-state index contributed by atoms with van der Waals surface area (Å²) in [7, 11) is 0. The van der Waals surface area contributed by atoms with Crippen molar-refractivity contribution in [2.75, 3.05) is 31.2 Å². The SMILES string of the molecule is CC(=O)N[C@@H](C)CCc1ccc(-c2csc(N3CCOCC3)n2)cc1. The topological polar surface area (TPSA) is 54.5 Å². The molecule has 0 aliphatic carbocycles. The molecule has 1 aromatic heterocycles. The van der Waals surface area contributed by atoms with Crippen LogP contribution in [0.25, 0.3) is 11.3 Å². The molecule has 1 aromatic carbocycles. The predicted octanol–water partition coefficient (Wildman–Crippen LogP) is 3.10. The number of morpholine rings is 1. The van der Waals surface area contributed by atoms with Gasteiger partial charge >= 0.3 is 0 Å². The maximum atomic E-state index is 11.1. The number of carbonyl (C=O) groups is 1. The normalized spacial score (nSPS) is 15.8. The summed E-state index contributed by atoms with van der Waals surface area (Å²) in [6, 6.07) is 8.78. The van der Waals surface area contributed by atoms with Gasteiger partial charge in [-0.05, 0) is 25.3 Å². The van der Waals surface area contributed by atoms with Crippen molar-refractivity contribution in [1.82, 2.24) is 10.3 Å². The van der Waals surface area contributed by atoms with E-state index in [4.69, 9.17) is 9.72 Å². The molecule has 6 heteroatoms. The van der Waals surface area contributed by atoms with Gasteiger partial charge in [0, 0.05) is 37.0 Å². The van der Waals surface area contributed by atoms with Gasteiger partial charge in [-0.1, -0.05) is 24.3 Å². The Hall–Kier alpha value is -1.92. The van der Waals surface area contributed by atoms with E-state index in [9.17, 15) is 4.79 Å². The van der Waals surface area contributed by atoms with Crippen molar-refractivity contribution >= 4 is 22.4 Å². The Morgan fingerprint density at radius 2 is 2.04 bits per heavy atom. The number of aryl methyl sites for hydroxylation is 1. The lowest BCUT2D eigenvalue weighted by molar-refractivity contribution is -0.119. The molecule has 1 amide bonds. The molecular weight excluding hydrogens is 334 g/mol. The van der Waals surface area contributed by atoms with Crippen LogP contribution < -0.4 is 10.2 Å². The van der Waals surface area contributed by atoms with Gasteiger partial charge in [-0.3, -0.25) is 4.79 Å². The summed E-state index contributed by atoms with van der Waals surface area (Å²) in [5.74, 6) is 0.0300. The summed E-state index contributed by atoms with van der Waals surface area (Å²) in [4.78, 5) is 18.1. The number of nitrogens with zero attached hydrogens (tertiary/aromatic N) is 2. The Morgan fingerprint density at radius 1 is 1.32 bits per heavy atom. The second-order valence-electron chi connectivity index (χ2n) is 6.45. The molecule has 25 heavy (non-hydrogen) atoms. The van der Waals surface area contributed by atoms with E-state index in [0.29, 0.717) is 0 Å². The molecule has 0 bridgehead atoms. The van der Waals surface area contributed by atoms with Gasteiger partial charge in [0.1, 0.15) is 0 Å². The van der Waals surface area contributed by atoms with E-state index in [2.05, 4.69) is 39.9 Å². The van der Waals surface area contributed by atoms with Crippen molar-refractivity contribution in [3.8, 4) is 11.3 Å². The molecule has 0 saturated carbocycles. The van der Waals surface area contributed by atoms with Crippen LogP contribution in [0.15, 0.2) is 29.6 Å². The van der Waals surface area contributed by atoms with Gasteiger partial charge in [-0.25, -0.2) is 4.98 Å². The number of ether oxygens (including phenoxy) is 1. The lowest BCUT2D eigenvalue weighted by Crippen LogP contribution is -2.36. The van der Waals surface area contributed by atoms with Crippen LogP contribution in [0.3, 0.4) is 0 Å². The van der Waals surface area contributed by atoms with E-state index in [-0.39, 0.29) is 11.9 Å². The van der Waals surface area contributed by atoms with Crippen LogP contribution in [-0.2, 0) is 16.0 Å². The predicted molar refractivity (Wildman–Crippen MR) is 102 cm³/mol. The fourth-order valence-electron chi connectivity index (χ4n) is 2.94. The quantitative estimate of drug-likeness (QED) is 0.861. The molecule has 0 spiro atoms. The van der Waals surface area contributed by atoms with Crippen LogP contribution in [0.4, 0.5) is 5.13 Å². The molecule has 3 rings (SSSR count). The first kappa shape index (κ1) is 17.9. The molecule has 1 aliphatic rings. The van der Waals surface area contributed by atoms with E-state index in [1.165, 1.54) is 5.56 Å². The van der Waals surface area contributed by atoms with E-state index in [1.807, 2.05) is 6.92 Å². The fraction of sp³-hybridized carbons (Fsp3) is 0.474. The second-order valence-corrected chi connectivity index (χ2v) is 7.29. The third kappa shape index (κ3) is 5.03. The monoisotopic (exact) mass is 359 g/mol. The summed E-state index contributed by atoms with van der Waals surface area (Å²) >= 11 is 1.69. The summed E-state index contributed by atoms with van der Waals surface area (Å²) in [5, 5.41) is 6.12. The summed E-state index contributed by atoms with van der Waals surface area (Å²) in [6.07, 6.45) is 1.90. The molecule has 5 nitrogen and oxygen atoms in total. The molecule has 1 aliphatic heterocycles. The van der Waals surface area contributed by atoms with E-state index in [0.717, 1.165) is 55.5 Å². The Labute approximate surface area is 153 Å². The molecule has 134 valence electrons. The molecule has 2 aromatic rings. The van der Waals surface area contributed by atoms with E-state index in [1.54, 1.807) is 18.3 Å². The highest BCUT2D eigenvalue weighted by Gasteiger charge is 2.15. The maximum Gasteiger partial charge on any atom is 0.217 e. The maximum absolute atomic E-state index is 11.1. The van der Waals surface area contributed by atoms with Crippen molar-refractivity contribution in [3.05, 3.63) is 35.2 Å². The van der Waals surface area contributed by atoms with Crippen molar-refractivity contribution in [3.63, 3.8) is 0 Å². The molecule has 0 radical (unpaired) electrons. The van der Waals surface area contributed by atoms with Gasteiger partial charge in [0.2, 0.25) is 5.91 Å². The first-order valence-electron chi connectivity index (χ1n) is 8.76. The van der Waals surface area contributed by atoms with Crippen molar-refractivity contribution < 1.29 is 9.53 Å². The van der Waals surface area contributed by atoms with Crippen LogP contribution in [0.2, 0.25) is 0 Å². The lowest BCUT2D eigenvalue weighted by Gasteiger charge is -2.26. The van der Waals surface area contributed by atoms with Gasteiger partial charge in [0.15, 0.2) is 5.13 Å². The molecule has 2 heterocycles. The van der Waals surface area contributed by atoms with Crippen LogP contribution >= 0.6 is 11.3 Å². The van der Waals surface area contributed by atoms with Crippen molar-refractivity contribution in [1.29, 1.82) is 0 Å². The Balaban J connectivity index is 1.58. The molecule has 1 saturated heterocycles. The number of anilines is 1. The number of aromatic nitrogens is 1. The van der Waals surface area contributed by atoms with E-state index >= 15 is 0 Å². The van der Waals surface area contributed by atoms with Gasteiger partial charge in [-0.2, -0.15) is 0 Å². The van der Waals surface area contributed by atoms with Crippen molar-refractivity contribution in [2.24, 2.45) is 0 Å². The van der Waals surface area contributed by atoms with Gasteiger partial charge in [0.25, 0.3) is 0 Å². The molecular formula is C19H25N3O2S. The minimum Gasteiger partial charge on any atom is -0.378 e. The zero-order valence-corrected chi connectivity index (χ0v) is 15.6. The highest BCUT2D eigenvalue weighted by atomic mass is 32.1. The van der Waals surface area contributed by atoms with Gasteiger partial charge < -0.3 is 15.0 Å². The summed E-state index contributed by atoms with van der Waals surface area (Å²) in [5.41, 5.74) is 3.46. The number of carbonyl (C=O) groups excluding carboxylic acids is 1. The number of nitrogens with one attached hydrogen (secondary N) is 1. The molecule has 1 fully saturated rings. The second kappa shape index (κ2) is 8.45. The number of rotatable bonds is 6. The number of hydrogen-bond donors (Lipinski definition) is 1. The fourth-order valence-corrected chi connectivity index (χ4v) is 3.83. The summed E-state index contributed by atoms with van der Waals surface area (Å²) in [6.45, 7) is 6.99. The third-order valence-electron chi connectivity index (χ3n) is 4.34.